The van der Waals surface area contributed by atoms with E-state index in [4.69, 9.17) is 0 Å². The Labute approximate surface area is 181 Å². The molecule has 9 heteroatoms. The van der Waals surface area contributed by atoms with Gasteiger partial charge in [0.2, 0.25) is 21.9 Å². The Hall–Kier alpha value is -3.33. The smallest absolute Gasteiger partial charge is 0.237 e. The van der Waals surface area contributed by atoms with E-state index in [1.165, 1.54) is 6.20 Å². The maximum atomic E-state index is 13.0. The minimum Gasteiger partial charge on any atom is -0.325 e. The standard InChI is InChI=1S/C22H23N5O3S/c1-22(2,19-11-13-24-21(26-19)27-31(29,30)18-9-10-18)20(28)25-17-7-5-15(6-8-17)16-4-3-12-23-14-16/h3-8,11-14,18H,9-10H2,1-2H3,(H,25,28)(H,24,26,27). The van der Waals surface area contributed by atoms with Gasteiger partial charge in [-0.05, 0) is 62.1 Å². The van der Waals surface area contributed by atoms with Crippen LogP contribution >= 0.6 is 0 Å². The molecule has 1 aliphatic carbocycles. The van der Waals surface area contributed by atoms with Gasteiger partial charge in [0.1, 0.15) is 0 Å². The lowest BCUT2D eigenvalue weighted by atomic mass is 9.88. The fourth-order valence-electron chi connectivity index (χ4n) is 3.03. The number of carbonyl (C=O) groups excluding carboxylic acids is 1. The van der Waals surface area contributed by atoms with Crippen LogP contribution in [-0.2, 0) is 20.2 Å². The van der Waals surface area contributed by atoms with Gasteiger partial charge in [-0.3, -0.25) is 14.5 Å². The van der Waals surface area contributed by atoms with E-state index in [9.17, 15) is 13.2 Å². The van der Waals surface area contributed by atoms with Crippen LogP contribution in [0.5, 0.6) is 0 Å². The number of rotatable bonds is 7. The maximum Gasteiger partial charge on any atom is 0.237 e. The third kappa shape index (κ3) is 4.72. The van der Waals surface area contributed by atoms with Gasteiger partial charge >= 0.3 is 0 Å². The van der Waals surface area contributed by atoms with Crippen molar-refractivity contribution in [2.75, 3.05) is 10.0 Å². The molecule has 1 saturated carbocycles. The quantitative estimate of drug-likeness (QED) is 0.586. The number of pyridine rings is 1. The molecule has 0 bridgehead atoms. The van der Waals surface area contributed by atoms with Gasteiger partial charge in [-0.2, -0.15) is 0 Å². The first-order chi connectivity index (χ1) is 14.8. The van der Waals surface area contributed by atoms with Crippen molar-refractivity contribution in [2.45, 2.75) is 37.4 Å². The number of amides is 1. The Kier molecular flexibility index (Phi) is 5.45. The SMILES string of the molecule is CC(C)(C(=O)Nc1ccc(-c2cccnc2)cc1)c1ccnc(NS(=O)(=O)C2CC2)n1. The number of nitrogens with one attached hydrogen (secondary N) is 2. The van der Waals surface area contributed by atoms with Gasteiger partial charge in [0.25, 0.3) is 0 Å². The van der Waals surface area contributed by atoms with Gasteiger partial charge in [-0.1, -0.05) is 18.2 Å². The molecular weight excluding hydrogens is 414 g/mol. The molecule has 2 heterocycles. The lowest BCUT2D eigenvalue weighted by Crippen LogP contribution is -2.36. The number of aromatic nitrogens is 3. The van der Waals surface area contributed by atoms with Gasteiger partial charge in [-0.25, -0.2) is 18.4 Å². The van der Waals surface area contributed by atoms with Crippen molar-refractivity contribution in [1.29, 1.82) is 0 Å². The van der Waals surface area contributed by atoms with Crippen molar-refractivity contribution in [2.24, 2.45) is 0 Å². The molecule has 8 nitrogen and oxygen atoms in total. The van der Waals surface area contributed by atoms with Gasteiger partial charge in [0.05, 0.1) is 16.4 Å². The number of hydrogen-bond donors (Lipinski definition) is 2. The van der Waals surface area contributed by atoms with Crippen molar-refractivity contribution in [3.8, 4) is 11.1 Å². The topological polar surface area (TPSA) is 114 Å². The zero-order valence-electron chi connectivity index (χ0n) is 17.2. The van der Waals surface area contributed by atoms with Crippen LogP contribution in [0.1, 0.15) is 32.4 Å². The predicted octanol–water partition coefficient (Wildman–Crippen LogP) is 3.36. The predicted molar refractivity (Wildman–Crippen MR) is 119 cm³/mol. The summed E-state index contributed by atoms with van der Waals surface area (Å²) in [6, 6.07) is 12.9. The number of nitrogens with zero attached hydrogens (tertiary/aromatic N) is 3. The van der Waals surface area contributed by atoms with Crippen LogP contribution in [0.15, 0.2) is 61.1 Å². The summed E-state index contributed by atoms with van der Waals surface area (Å²) in [6.45, 7) is 3.46. The van der Waals surface area contributed by atoms with E-state index >= 15 is 0 Å². The largest absolute Gasteiger partial charge is 0.325 e. The third-order valence-corrected chi connectivity index (χ3v) is 7.01. The molecule has 3 aromatic rings. The van der Waals surface area contributed by atoms with Crippen molar-refractivity contribution < 1.29 is 13.2 Å². The first-order valence-corrected chi connectivity index (χ1v) is 11.5. The number of carbonyl (C=O) groups is 1. The van der Waals surface area contributed by atoms with Crippen LogP contribution in [0.25, 0.3) is 11.1 Å². The Morgan fingerprint density at radius 3 is 2.42 bits per heavy atom. The van der Waals surface area contributed by atoms with E-state index in [0.29, 0.717) is 24.2 Å². The average Bonchev–Trinajstić information content (AvgIpc) is 3.61. The number of benzene rings is 1. The highest BCUT2D eigenvalue weighted by molar-refractivity contribution is 7.93. The Balaban J connectivity index is 1.48. The van der Waals surface area contributed by atoms with Gasteiger partial charge in [0.15, 0.2) is 0 Å². The summed E-state index contributed by atoms with van der Waals surface area (Å²) in [5.74, 6) is -0.289. The molecule has 0 radical (unpaired) electrons. The first-order valence-electron chi connectivity index (χ1n) is 9.93. The molecule has 0 unspecified atom stereocenters. The van der Waals surface area contributed by atoms with E-state index in [1.54, 1.807) is 32.3 Å². The van der Waals surface area contributed by atoms with Gasteiger partial charge in [0, 0.05) is 24.3 Å². The number of sulfonamides is 1. The van der Waals surface area contributed by atoms with Crippen molar-refractivity contribution in [3.05, 3.63) is 66.7 Å². The number of hydrogen-bond acceptors (Lipinski definition) is 6. The van der Waals surface area contributed by atoms with Crippen molar-refractivity contribution >= 4 is 27.6 Å². The van der Waals surface area contributed by atoms with E-state index < -0.39 is 15.4 Å². The highest BCUT2D eigenvalue weighted by atomic mass is 32.2. The molecule has 4 rings (SSSR count). The lowest BCUT2D eigenvalue weighted by molar-refractivity contribution is -0.120. The van der Waals surface area contributed by atoms with E-state index in [1.807, 2.05) is 36.4 Å². The van der Waals surface area contributed by atoms with Crippen LogP contribution in [0.4, 0.5) is 11.6 Å². The molecule has 0 atom stereocenters. The molecule has 1 aliphatic rings. The summed E-state index contributed by atoms with van der Waals surface area (Å²) in [6.07, 6.45) is 6.23. The summed E-state index contributed by atoms with van der Waals surface area (Å²) in [7, 11) is -3.48. The Bertz CT molecular complexity index is 1190. The minimum atomic E-state index is -3.48. The second-order valence-corrected chi connectivity index (χ2v) is 9.97. The van der Waals surface area contributed by atoms with E-state index in [0.717, 1.165) is 11.1 Å². The highest BCUT2D eigenvalue weighted by Gasteiger charge is 2.37. The Morgan fingerprint density at radius 1 is 1.03 bits per heavy atom. The molecule has 0 aliphatic heterocycles. The molecule has 1 amide bonds. The third-order valence-electron chi connectivity index (χ3n) is 5.20. The summed E-state index contributed by atoms with van der Waals surface area (Å²) in [4.78, 5) is 25.4. The second kappa shape index (κ2) is 8.07. The average molecular weight is 438 g/mol. The van der Waals surface area contributed by atoms with Crippen LogP contribution in [0.3, 0.4) is 0 Å². The monoisotopic (exact) mass is 437 g/mol. The normalized spacial score (nSPS) is 14.1. The summed E-state index contributed by atoms with van der Waals surface area (Å²) in [5, 5.41) is 2.52. The molecular formula is C22H23N5O3S. The zero-order valence-corrected chi connectivity index (χ0v) is 18.1. The van der Waals surface area contributed by atoms with Gasteiger partial charge < -0.3 is 5.32 Å². The molecule has 2 N–H and O–H groups in total. The molecule has 0 saturated heterocycles. The fourth-order valence-corrected chi connectivity index (χ4v) is 4.30. The Morgan fingerprint density at radius 2 is 1.77 bits per heavy atom. The van der Waals surface area contributed by atoms with Crippen molar-refractivity contribution in [3.63, 3.8) is 0 Å². The molecule has 1 fully saturated rings. The fraction of sp³-hybridized carbons (Fsp3) is 0.273. The van der Waals surface area contributed by atoms with Crippen LogP contribution in [0, 0.1) is 0 Å². The van der Waals surface area contributed by atoms with Gasteiger partial charge in [-0.15, -0.1) is 0 Å². The summed E-state index contributed by atoms with van der Waals surface area (Å²) < 4.78 is 26.7. The molecule has 31 heavy (non-hydrogen) atoms. The van der Waals surface area contributed by atoms with E-state index in [2.05, 4.69) is 25.0 Å². The molecule has 0 spiro atoms. The summed E-state index contributed by atoms with van der Waals surface area (Å²) in [5.41, 5.74) is 2.04. The van der Waals surface area contributed by atoms with E-state index in [-0.39, 0.29) is 17.1 Å². The molecule has 2 aromatic heterocycles. The zero-order chi connectivity index (χ0) is 22.1. The highest BCUT2D eigenvalue weighted by Crippen LogP contribution is 2.30. The summed E-state index contributed by atoms with van der Waals surface area (Å²) >= 11 is 0. The maximum absolute atomic E-state index is 13.0. The first kappa shape index (κ1) is 20.9. The van der Waals surface area contributed by atoms with Crippen LogP contribution in [-0.4, -0.2) is 34.5 Å². The van der Waals surface area contributed by atoms with Crippen LogP contribution in [0.2, 0.25) is 0 Å². The van der Waals surface area contributed by atoms with Crippen LogP contribution < -0.4 is 10.0 Å². The molecule has 160 valence electrons. The molecule has 1 aromatic carbocycles. The van der Waals surface area contributed by atoms with Crippen molar-refractivity contribution in [1.82, 2.24) is 15.0 Å². The minimum absolute atomic E-state index is 0.0221. The number of anilines is 2. The lowest BCUT2D eigenvalue weighted by Gasteiger charge is -2.23. The second-order valence-electron chi connectivity index (χ2n) is 8.01.